The van der Waals surface area contributed by atoms with Crippen molar-refractivity contribution >= 4 is 11.4 Å². The van der Waals surface area contributed by atoms with E-state index in [0.717, 1.165) is 24.2 Å². The van der Waals surface area contributed by atoms with Crippen LogP contribution in [-0.4, -0.2) is 35.8 Å². The van der Waals surface area contributed by atoms with E-state index in [-0.39, 0.29) is 23.3 Å². The van der Waals surface area contributed by atoms with Crippen molar-refractivity contribution in [3.8, 4) is 0 Å². The minimum Gasteiger partial charge on any atom is -0.395 e. The van der Waals surface area contributed by atoms with Gasteiger partial charge in [0.15, 0.2) is 0 Å². The lowest BCUT2D eigenvalue weighted by Gasteiger charge is -2.11. The third-order valence-corrected chi connectivity index (χ3v) is 2.80. The SMILES string of the molecule is O=[N+]([O-])c1ccc2c(c1)CC(CNCCO)N2. The molecule has 6 nitrogen and oxygen atoms in total. The van der Waals surface area contributed by atoms with E-state index < -0.39 is 0 Å². The van der Waals surface area contributed by atoms with Crippen LogP contribution in [0.3, 0.4) is 0 Å². The second kappa shape index (κ2) is 5.11. The molecule has 0 spiro atoms. The Morgan fingerprint density at radius 3 is 3.12 bits per heavy atom. The average Bonchev–Trinajstić information content (AvgIpc) is 2.70. The number of aliphatic hydroxyl groups is 1. The van der Waals surface area contributed by atoms with E-state index in [1.165, 1.54) is 6.07 Å². The summed E-state index contributed by atoms with van der Waals surface area (Å²) in [6.07, 6.45) is 0.773. The van der Waals surface area contributed by atoms with Crippen LogP contribution in [0, 0.1) is 10.1 Å². The van der Waals surface area contributed by atoms with Gasteiger partial charge in [-0.25, -0.2) is 0 Å². The van der Waals surface area contributed by atoms with Crippen LogP contribution in [0.2, 0.25) is 0 Å². The Balaban J connectivity index is 1.99. The molecule has 0 aromatic heterocycles. The molecule has 1 unspecified atom stereocenters. The summed E-state index contributed by atoms with van der Waals surface area (Å²) >= 11 is 0. The van der Waals surface area contributed by atoms with Crippen molar-refractivity contribution in [3.63, 3.8) is 0 Å². The number of nitro benzene ring substituents is 1. The van der Waals surface area contributed by atoms with E-state index >= 15 is 0 Å². The van der Waals surface area contributed by atoms with Gasteiger partial charge in [-0.05, 0) is 18.1 Å². The van der Waals surface area contributed by atoms with Crippen molar-refractivity contribution in [2.45, 2.75) is 12.5 Å². The van der Waals surface area contributed by atoms with Crippen LogP contribution in [0.4, 0.5) is 11.4 Å². The standard InChI is InChI=1S/C11H15N3O3/c15-4-3-12-7-9-5-8-6-10(14(16)17)1-2-11(8)13-9/h1-2,6,9,12-13,15H,3-5,7H2. The number of anilines is 1. The fourth-order valence-corrected chi connectivity index (χ4v) is 2.02. The van der Waals surface area contributed by atoms with Gasteiger partial charge in [0.2, 0.25) is 0 Å². The molecular weight excluding hydrogens is 222 g/mol. The van der Waals surface area contributed by atoms with Crippen LogP contribution in [0.15, 0.2) is 18.2 Å². The van der Waals surface area contributed by atoms with Gasteiger partial charge in [-0.2, -0.15) is 0 Å². The second-order valence-corrected chi connectivity index (χ2v) is 4.07. The van der Waals surface area contributed by atoms with Crippen LogP contribution < -0.4 is 10.6 Å². The van der Waals surface area contributed by atoms with Crippen molar-refractivity contribution < 1.29 is 10.0 Å². The topological polar surface area (TPSA) is 87.4 Å². The molecule has 1 atom stereocenters. The molecule has 1 aliphatic heterocycles. The van der Waals surface area contributed by atoms with Gasteiger partial charge in [0.1, 0.15) is 0 Å². The lowest BCUT2D eigenvalue weighted by Crippen LogP contribution is -2.32. The third-order valence-electron chi connectivity index (χ3n) is 2.80. The Labute approximate surface area is 98.8 Å². The predicted molar refractivity (Wildman–Crippen MR) is 64.2 cm³/mol. The molecule has 0 fully saturated rings. The minimum atomic E-state index is -0.377. The number of nitrogens with one attached hydrogen (secondary N) is 2. The molecule has 0 saturated heterocycles. The lowest BCUT2D eigenvalue weighted by atomic mass is 10.1. The zero-order chi connectivity index (χ0) is 12.3. The van der Waals surface area contributed by atoms with Gasteiger partial charge in [-0.15, -0.1) is 0 Å². The zero-order valence-corrected chi connectivity index (χ0v) is 9.35. The third kappa shape index (κ3) is 2.72. The van der Waals surface area contributed by atoms with E-state index in [2.05, 4.69) is 10.6 Å². The van der Waals surface area contributed by atoms with Crippen LogP contribution in [-0.2, 0) is 6.42 Å². The monoisotopic (exact) mass is 237 g/mol. The number of non-ortho nitro benzene ring substituents is 1. The molecule has 0 aliphatic carbocycles. The van der Waals surface area contributed by atoms with E-state index in [0.29, 0.717) is 6.54 Å². The second-order valence-electron chi connectivity index (χ2n) is 4.07. The molecule has 1 aromatic rings. The quantitative estimate of drug-likeness (QED) is 0.394. The lowest BCUT2D eigenvalue weighted by molar-refractivity contribution is -0.384. The van der Waals surface area contributed by atoms with Gasteiger partial charge in [-0.1, -0.05) is 0 Å². The zero-order valence-electron chi connectivity index (χ0n) is 9.35. The highest BCUT2D eigenvalue weighted by molar-refractivity contribution is 5.60. The molecule has 0 saturated carbocycles. The largest absolute Gasteiger partial charge is 0.395 e. The highest BCUT2D eigenvalue weighted by atomic mass is 16.6. The highest BCUT2D eigenvalue weighted by Gasteiger charge is 2.22. The van der Waals surface area contributed by atoms with Crippen LogP contribution in [0.25, 0.3) is 0 Å². The average molecular weight is 237 g/mol. The molecule has 92 valence electrons. The summed E-state index contributed by atoms with van der Waals surface area (Å²) in [5.74, 6) is 0. The molecule has 0 bridgehead atoms. The maximum absolute atomic E-state index is 10.6. The summed E-state index contributed by atoms with van der Waals surface area (Å²) in [5.41, 5.74) is 2.08. The fourth-order valence-electron chi connectivity index (χ4n) is 2.02. The first-order chi connectivity index (χ1) is 8.20. The first-order valence-electron chi connectivity index (χ1n) is 5.56. The number of nitrogens with zero attached hydrogens (tertiary/aromatic N) is 1. The summed E-state index contributed by atoms with van der Waals surface area (Å²) < 4.78 is 0. The Hall–Kier alpha value is -1.66. The molecule has 0 amide bonds. The van der Waals surface area contributed by atoms with Gasteiger partial charge >= 0.3 is 0 Å². The Bertz CT molecular complexity index is 422. The molecule has 2 rings (SSSR count). The van der Waals surface area contributed by atoms with Gasteiger partial charge in [-0.3, -0.25) is 10.1 Å². The van der Waals surface area contributed by atoms with Gasteiger partial charge in [0, 0.05) is 37.0 Å². The number of benzene rings is 1. The van der Waals surface area contributed by atoms with Gasteiger partial charge < -0.3 is 15.7 Å². The number of aliphatic hydroxyl groups excluding tert-OH is 1. The van der Waals surface area contributed by atoms with Crippen LogP contribution in [0.5, 0.6) is 0 Å². The molecular formula is C11H15N3O3. The molecule has 3 N–H and O–H groups in total. The van der Waals surface area contributed by atoms with Crippen molar-refractivity contribution in [2.75, 3.05) is 25.0 Å². The Morgan fingerprint density at radius 2 is 2.41 bits per heavy atom. The van der Waals surface area contributed by atoms with E-state index in [1.54, 1.807) is 12.1 Å². The van der Waals surface area contributed by atoms with Gasteiger partial charge in [0.25, 0.3) is 5.69 Å². The number of nitro groups is 1. The normalized spacial score (nSPS) is 17.6. The highest BCUT2D eigenvalue weighted by Crippen LogP contribution is 2.29. The molecule has 0 radical (unpaired) electrons. The number of hydrogen-bond donors (Lipinski definition) is 3. The summed E-state index contributed by atoms with van der Waals surface area (Å²) in [6.45, 7) is 1.42. The van der Waals surface area contributed by atoms with Crippen molar-refractivity contribution in [1.82, 2.24) is 5.32 Å². The molecule has 1 aliphatic rings. The summed E-state index contributed by atoms with van der Waals surface area (Å²) in [6, 6.07) is 5.11. The Kier molecular flexibility index (Phi) is 3.55. The van der Waals surface area contributed by atoms with E-state index in [9.17, 15) is 10.1 Å². The van der Waals surface area contributed by atoms with Crippen LogP contribution in [0.1, 0.15) is 5.56 Å². The minimum absolute atomic E-state index is 0.116. The summed E-state index contributed by atoms with van der Waals surface area (Å²) in [5, 5.41) is 25.7. The van der Waals surface area contributed by atoms with Gasteiger partial charge in [0.05, 0.1) is 11.5 Å². The molecule has 1 heterocycles. The van der Waals surface area contributed by atoms with Crippen LogP contribution >= 0.6 is 0 Å². The predicted octanol–water partition coefficient (Wildman–Crippen LogP) is 0.513. The maximum atomic E-state index is 10.6. The fraction of sp³-hybridized carbons (Fsp3) is 0.455. The first-order valence-corrected chi connectivity index (χ1v) is 5.56. The number of rotatable bonds is 5. The van der Waals surface area contributed by atoms with Crippen molar-refractivity contribution in [2.24, 2.45) is 0 Å². The summed E-state index contributed by atoms with van der Waals surface area (Å²) in [4.78, 5) is 10.3. The van der Waals surface area contributed by atoms with Crippen molar-refractivity contribution in [1.29, 1.82) is 0 Å². The molecule has 1 aromatic carbocycles. The maximum Gasteiger partial charge on any atom is 0.269 e. The molecule has 6 heteroatoms. The van der Waals surface area contributed by atoms with E-state index in [1.807, 2.05) is 0 Å². The van der Waals surface area contributed by atoms with Crippen molar-refractivity contribution in [3.05, 3.63) is 33.9 Å². The Morgan fingerprint density at radius 1 is 1.59 bits per heavy atom. The smallest absolute Gasteiger partial charge is 0.269 e. The first kappa shape index (κ1) is 11.8. The number of hydrogen-bond acceptors (Lipinski definition) is 5. The molecule has 17 heavy (non-hydrogen) atoms. The summed E-state index contributed by atoms with van der Waals surface area (Å²) in [7, 11) is 0. The number of fused-ring (bicyclic) bond motifs is 1. The van der Waals surface area contributed by atoms with E-state index in [4.69, 9.17) is 5.11 Å².